The Bertz CT molecular complexity index is 427. The van der Waals surface area contributed by atoms with E-state index >= 15 is 0 Å². The van der Waals surface area contributed by atoms with Gasteiger partial charge in [-0.15, -0.1) is 0 Å². The maximum absolute atomic E-state index is 11.7. The average Bonchev–Trinajstić information content (AvgIpc) is 2.27. The number of amides is 1. The Labute approximate surface area is 116 Å². The maximum Gasteiger partial charge on any atom is 0.412 e. The van der Waals surface area contributed by atoms with E-state index in [4.69, 9.17) is 10.5 Å². The monoisotopic (exact) mass is 314 g/mol. The van der Waals surface area contributed by atoms with E-state index in [-0.39, 0.29) is 0 Å². The molecule has 0 radical (unpaired) electrons. The van der Waals surface area contributed by atoms with Crippen molar-refractivity contribution in [3.8, 4) is 0 Å². The van der Waals surface area contributed by atoms with E-state index in [9.17, 15) is 4.79 Å². The van der Waals surface area contributed by atoms with Crippen LogP contribution in [0.5, 0.6) is 0 Å². The van der Waals surface area contributed by atoms with Gasteiger partial charge >= 0.3 is 6.09 Å². The lowest BCUT2D eigenvalue weighted by molar-refractivity contribution is 0.0636. The second kappa shape index (κ2) is 6.20. The van der Waals surface area contributed by atoms with E-state index in [1.807, 2.05) is 39.0 Å². The molecule has 0 saturated carbocycles. The fraction of sp³-hybridized carbons (Fsp3) is 0.462. The van der Waals surface area contributed by atoms with Crippen LogP contribution in [0.15, 0.2) is 18.2 Å². The average molecular weight is 315 g/mol. The summed E-state index contributed by atoms with van der Waals surface area (Å²) in [5.41, 5.74) is 7.85. The third-order valence-corrected chi connectivity index (χ3v) is 2.83. The number of ether oxygens (including phenoxy) is 1. The number of alkyl halides is 1. The Balaban J connectivity index is 2.81. The number of nitrogens with one attached hydrogen (secondary N) is 1. The van der Waals surface area contributed by atoms with Crippen LogP contribution in [0, 0.1) is 0 Å². The molecule has 0 heterocycles. The van der Waals surface area contributed by atoms with Crippen LogP contribution in [0.2, 0.25) is 0 Å². The number of anilines is 1. The Hall–Kier alpha value is -1.07. The van der Waals surface area contributed by atoms with Crippen molar-refractivity contribution in [1.29, 1.82) is 0 Å². The lowest BCUT2D eigenvalue weighted by Gasteiger charge is -2.20. The molecule has 0 aliphatic carbocycles. The van der Waals surface area contributed by atoms with Gasteiger partial charge < -0.3 is 10.5 Å². The summed E-state index contributed by atoms with van der Waals surface area (Å²) in [4.78, 5) is 11.7. The third kappa shape index (κ3) is 4.66. The molecule has 1 rings (SSSR count). The molecule has 5 heteroatoms. The van der Waals surface area contributed by atoms with E-state index in [0.29, 0.717) is 12.2 Å². The number of carbonyl (C=O) groups excluding carboxylic acids is 1. The quantitative estimate of drug-likeness (QED) is 0.840. The second-order valence-corrected chi connectivity index (χ2v) is 5.52. The van der Waals surface area contributed by atoms with Gasteiger partial charge in [0.1, 0.15) is 5.60 Å². The molecular weight excluding hydrogens is 296 g/mol. The van der Waals surface area contributed by atoms with Gasteiger partial charge in [0.2, 0.25) is 0 Å². The molecule has 0 saturated heterocycles. The first-order valence-corrected chi connectivity index (χ1v) is 6.85. The first-order chi connectivity index (χ1) is 8.35. The summed E-state index contributed by atoms with van der Waals surface area (Å²) in [5.74, 6) is 0. The first kappa shape index (κ1) is 15.0. The number of halogens is 1. The zero-order valence-corrected chi connectivity index (χ0v) is 12.5. The van der Waals surface area contributed by atoms with Crippen molar-refractivity contribution in [1.82, 2.24) is 0 Å². The van der Waals surface area contributed by atoms with Crippen LogP contribution in [0.4, 0.5) is 10.5 Å². The van der Waals surface area contributed by atoms with E-state index in [1.54, 1.807) is 0 Å². The molecule has 18 heavy (non-hydrogen) atoms. The van der Waals surface area contributed by atoms with Crippen molar-refractivity contribution in [3.05, 3.63) is 29.3 Å². The van der Waals surface area contributed by atoms with Crippen molar-refractivity contribution in [2.24, 2.45) is 5.73 Å². The van der Waals surface area contributed by atoms with Gasteiger partial charge in [0, 0.05) is 17.6 Å². The molecule has 0 atom stereocenters. The summed E-state index contributed by atoms with van der Waals surface area (Å²) in [6.07, 6.45) is -0.469. The van der Waals surface area contributed by atoms with Crippen LogP contribution in [0.3, 0.4) is 0 Å². The molecule has 4 nitrogen and oxygen atoms in total. The summed E-state index contributed by atoms with van der Waals surface area (Å²) in [7, 11) is 0. The normalized spacial score (nSPS) is 11.2. The van der Waals surface area contributed by atoms with Gasteiger partial charge in [0.05, 0.1) is 0 Å². The van der Waals surface area contributed by atoms with Crippen molar-refractivity contribution in [3.63, 3.8) is 0 Å². The zero-order chi connectivity index (χ0) is 13.8. The summed E-state index contributed by atoms with van der Waals surface area (Å²) < 4.78 is 5.20. The number of hydrogen-bond donors (Lipinski definition) is 2. The summed E-state index contributed by atoms with van der Waals surface area (Å²) in [5, 5.41) is 3.47. The Kier molecular flexibility index (Phi) is 5.16. The van der Waals surface area contributed by atoms with Crippen LogP contribution in [-0.2, 0) is 16.6 Å². The van der Waals surface area contributed by atoms with Crippen LogP contribution >= 0.6 is 15.9 Å². The molecule has 3 N–H and O–H groups in total. The predicted octanol–water partition coefficient (Wildman–Crippen LogP) is 3.39. The first-order valence-electron chi connectivity index (χ1n) is 5.73. The Morgan fingerprint density at radius 1 is 1.44 bits per heavy atom. The molecule has 1 amide bonds. The highest BCUT2D eigenvalue weighted by Crippen LogP contribution is 2.20. The molecule has 0 aliphatic heterocycles. The number of rotatable bonds is 3. The highest BCUT2D eigenvalue weighted by atomic mass is 79.9. The van der Waals surface area contributed by atoms with Gasteiger partial charge in [-0.3, -0.25) is 5.32 Å². The Morgan fingerprint density at radius 2 is 2.11 bits per heavy atom. The van der Waals surface area contributed by atoms with E-state index in [2.05, 4.69) is 21.2 Å². The van der Waals surface area contributed by atoms with Gasteiger partial charge in [-0.05, 0) is 38.0 Å². The minimum Gasteiger partial charge on any atom is -0.444 e. The number of hydrogen-bond acceptors (Lipinski definition) is 3. The molecule has 0 fully saturated rings. The smallest absolute Gasteiger partial charge is 0.412 e. The lowest BCUT2D eigenvalue weighted by Crippen LogP contribution is -2.27. The van der Waals surface area contributed by atoms with Crippen molar-refractivity contribution >= 4 is 27.7 Å². The maximum atomic E-state index is 11.7. The highest BCUT2D eigenvalue weighted by Gasteiger charge is 2.17. The fourth-order valence-corrected chi connectivity index (χ4v) is 1.78. The predicted molar refractivity (Wildman–Crippen MR) is 76.8 cm³/mol. The molecule has 0 aromatic heterocycles. The minimum atomic E-state index is -0.511. The molecule has 1 aromatic carbocycles. The molecular formula is C13H19BrN2O2. The second-order valence-electron chi connectivity index (χ2n) is 4.96. The zero-order valence-electron chi connectivity index (χ0n) is 10.9. The van der Waals surface area contributed by atoms with E-state index in [1.165, 1.54) is 0 Å². The molecule has 0 spiro atoms. The number of carbonyl (C=O) groups is 1. The van der Waals surface area contributed by atoms with Gasteiger partial charge in [-0.1, -0.05) is 28.1 Å². The summed E-state index contributed by atoms with van der Waals surface area (Å²) in [6.45, 7) is 5.84. The number of nitrogens with two attached hydrogens (primary N) is 1. The molecule has 0 aliphatic rings. The standard InChI is InChI=1S/C13H19BrN2O2/c1-13(2,3)18-12(17)16-11-5-4-9(7-14)6-10(11)8-15/h4-6H,7-8,15H2,1-3H3,(H,16,17). The van der Waals surface area contributed by atoms with Crippen LogP contribution in [0.1, 0.15) is 31.9 Å². The highest BCUT2D eigenvalue weighted by molar-refractivity contribution is 9.08. The molecule has 0 unspecified atom stereocenters. The van der Waals surface area contributed by atoms with Crippen LogP contribution < -0.4 is 11.1 Å². The van der Waals surface area contributed by atoms with E-state index < -0.39 is 11.7 Å². The Morgan fingerprint density at radius 3 is 2.61 bits per heavy atom. The number of benzene rings is 1. The SMILES string of the molecule is CC(C)(C)OC(=O)Nc1ccc(CBr)cc1CN. The van der Waals surface area contributed by atoms with E-state index in [0.717, 1.165) is 16.5 Å². The summed E-state index contributed by atoms with van der Waals surface area (Å²) >= 11 is 3.38. The molecule has 1 aromatic rings. The minimum absolute atomic E-state index is 0.367. The van der Waals surface area contributed by atoms with Crippen molar-refractivity contribution in [2.75, 3.05) is 5.32 Å². The third-order valence-electron chi connectivity index (χ3n) is 2.18. The topological polar surface area (TPSA) is 64.3 Å². The van der Waals surface area contributed by atoms with Gasteiger partial charge in [0.15, 0.2) is 0 Å². The van der Waals surface area contributed by atoms with Gasteiger partial charge in [-0.2, -0.15) is 0 Å². The lowest BCUT2D eigenvalue weighted by atomic mass is 10.1. The van der Waals surface area contributed by atoms with Crippen molar-refractivity contribution in [2.45, 2.75) is 38.2 Å². The van der Waals surface area contributed by atoms with Gasteiger partial charge in [-0.25, -0.2) is 4.79 Å². The van der Waals surface area contributed by atoms with Crippen LogP contribution in [-0.4, -0.2) is 11.7 Å². The van der Waals surface area contributed by atoms with Gasteiger partial charge in [0.25, 0.3) is 0 Å². The molecule has 0 bridgehead atoms. The van der Waals surface area contributed by atoms with Crippen molar-refractivity contribution < 1.29 is 9.53 Å². The largest absolute Gasteiger partial charge is 0.444 e. The molecule has 100 valence electrons. The summed E-state index contributed by atoms with van der Waals surface area (Å²) in [6, 6.07) is 5.73. The van der Waals surface area contributed by atoms with Crippen LogP contribution in [0.25, 0.3) is 0 Å². The fourth-order valence-electron chi connectivity index (χ4n) is 1.43.